The third-order valence-electron chi connectivity index (χ3n) is 2.93. The van der Waals surface area contributed by atoms with Crippen LogP contribution in [-0.2, 0) is 17.1 Å². The van der Waals surface area contributed by atoms with Crippen LogP contribution < -0.4 is 4.72 Å². The summed E-state index contributed by atoms with van der Waals surface area (Å²) >= 11 is 6.03. The van der Waals surface area contributed by atoms with Crippen LogP contribution in [-0.4, -0.2) is 23.0 Å². The molecule has 0 spiro atoms. The number of hydrogen-bond acceptors (Lipinski definition) is 4. The number of imidazole rings is 1. The Morgan fingerprint density at radius 2 is 2.05 bits per heavy atom. The summed E-state index contributed by atoms with van der Waals surface area (Å²) < 4.78 is 28.7. The molecule has 0 fully saturated rings. The lowest BCUT2D eigenvalue weighted by molar-refractivity contribution is 0.584. The molecule has 0 aliphatic heterocycles. The highest BCUT2D eigenvalue weighted by molar-refractivity contribution is 7.92. The number of fused-ring (bicyclic) bond motifs is 1. The molecular weight excluding hydrogens is 312 g/mol. The van der Waals surface area contributed by atoms with Gasteiger partial charge in [-0.15, -0.1) is 0 Å². The highest BCUT2D eigenvalue weighted by atomic mass is 35.5. The number of nitrogens with zero attached hydrogens (tertiary/aromatic N) is 3. The summed E-state index contributed by atoms with van der Waals surface area (Å²) in [5.41, 5.74) is 0.848. The van der Waals surface area contributed by atoms with Crippen molar-refractivity contribution in [3.8, 4) is 0 Å². The maximum absolute atomic E-state index is 12.4. The Bertz CT molecular complexity index is 921. The zero-order chi connectivity index (χ0) is 15.0. The number of nitrogens with one attached hydrogen (secondary N) is 1. The molecule has 0 aliphatic rings. The van der Waals surface area contributed by atoms with E-state index in [2.05, 4.69) is 14.7 Å². The number of halogens is 1. The molecule has 3 aromatic rings. The average molecular weight is 323 g/mol. The van der Waals surface area contributed by atoms with Gasteiger partial charge in [0.1, 0.15) is 0 Å². The van der Waals surface area contributed by atoms with Gasteiger partial charge in [-0.1, -0.05) is 17.7 Å². The van der Waals surface area contributed by atoms with Crippen LogP contribution in [0.5, 0.6) is 0 Å². The minimum absolute atomic E-state index is 0.0773. The molecule has 3 rings (SSSR count). The van der Waals surface area contributed by atoms with E-state index < -0.39 is 10.0 Å². The van der Waals surface area contributed by atoms with Crippen LogP contribution in [0.2, 0.25) is 5.02 Å². The van der Waals surface area contributed by atoms with E-state index in [0.29, 0.717) is 16.2 Å². The van der Waals surface area contributed by atoms with E-state index >= 15 is 0 Å². The molecular formula is C13H11ClN4O2S. The minimum atomic E-state index is -3.81. The van der Waals surface area contributed by atoms with Crippen molar-refractivity contribution in [2.24, 2.45) is 7.05 Å². The van der Waals surface area contributed by atoms with Crippen molar-refractivity contribution in [2.75, 3.05) is 4.72 Å². The quantitative estimate of drug-likeness (QED) is 0.803. The van der Waals surface area contributed by atoms with Crippen molar-refractivity contribution in [2.45, 2.75) is 5.16 Å². The highest BCUT2D eigenvalue weighted by Crippen LogP contribution is 2.27. The summed E-state index contributed by atoms with van der Waals surface area (Å²) in [7, 11) is -2.20. The Morgan fingerprint density at radius 3 is 2.76 bits per heavy atom. The lowest BCUT2D eigenvalue weighted by Gasteiger charge is -2.10. The zero-order valence-corrected chi connectivity index (χ0v) is 12.6. The molecule has 1 N–H and O–H groups in total. The van der Waals surface area contributed by atoms with Gasteiger partial charge in [0.25, 0.3) is 10.0 Å². The lowest BCUT2D eigenvalue weighted by atomic mass is 10.2. The van der Waals surface area contributed by atoms with Crippen LogP contribution in [0.1, 0.15) is 0 Å². The first-order valence-corrected chi connectivity index (χ1v) is 7.88. The highest BCUT2D eigenvalue weighted by Gasteiger charge is 2.20. The SMILES string of the molecule is Cn1ccnc1S(=O)(=O)Nc1cc(Cl)cc2cccnc12. The summed E-state index contributed by atoms with van der Waals surface area (Å²) in [4.78, 5) is 8.04. The molecule has 1 aromatic carbocycles. The van der Waals surface area contributed by atoms with Crippen LogP contribution >= 0.6 is 11.6 Å². The summed E-state index contributed by atoms with van der Waals surface area (Å²) in [6.45, 7) is 0. The van der Waals surface area contributed by atoms with E-state index in [-0.39, 0.29) is 5.16 Å². The van der Waals surface area contributed by atoms with Gasteiger partial charge in [-0.05, 0) is 18.2 Å². The number of sulfonamides is 1. The summed E-state index contributed by atoms with van der Waals surface area (Å²) in [5.74, 6) is 0. The van der Waals surface area contributed by atoms with Gasteiger partial charge in [0, 0.05) is 36.0 Å². The molecule has 0 atom stereocenters. The van der Waals surface area contributed by atoms with Gasteiger partial charge in [0.15, 0.2) is 0 Å². The van der Waals surface area contributed by atoms with Gasteiger partial charge in [-0.2, -0.15) is 8.42 Å². The van der Waals surface area contributed by atoms with Crippen molar-refractivity contribution in [1.82, 2.24) is 14.5 Å². The first-order chi connectivity index (χ1) is 9.97. The van der Waals surface area contributed by atoms with Crippen molar-refractivity contribution in [1.29, 1.82) is 0 Å². The van der Waals surface area contributed by atoms with Crippen LogP contribution in [0.4, 0.5) is 5.69 Å². The molecule has 0 saturated carbocycles. The molecule has 0 radical (unpaired) electrons. The predicted octanol–water partition coefficient (Wildman–Crippen LogP) is 2.42. The maximum Gasteiger partial charge on any atom is 0.295 e. The normalized spacial score (nSPS) is 11.7. The monoisotopic (exact) mass is 322 g/mol. The molecule has 2 aromatic heterocycles. The molecule has 0 aliphatic carbocycles. The van der Waals surface area contributed by atoms with E-state index in [4.69, 9.17) is 11.6 Å². The predicted molar refractivity (Wildman–Crippen MR) is 80.8 cm³/mol. The second-order valence-corrected chi connectivity index (χ2v) is 6.47. The Kier molecular flexibility index (Phi) is 3.30. The van der Waals surface area contributed by atoms with Gasteiger partial charge in [-0.3, -0.25) is 9.71 Å². The smallest absolute Gasteiger partial charge is 0.295 e. The third kappa shape index (κ3) is 2.57. The second-order valence-electron chi connectivity index (χ2n) is 4.45. The Labute approximate surface area is 126 Å². The summed E-state index contributed by atoms with van der Waals surface area (Å²) in [6, 6.07) is 6.82. The van der Waals surface area contributed by atoms with Crippen molar-refractivity contribution in [3.05, 3.63) is 47.9 Å². The number of aryl methyl sites for hydroxylation is 1. The van der Waals surface area contributed by atoms with Gasteiger partial charge in [-0.25, -0.2) is 4.98 Å². The zero-order valence-electron chi connectivity index (χ0n) is 11.0. The van der Waals surface area contributed by atoms with Crippen LogP contribution in [0.3, 0.4) is 0 Å². The van der Waals surface area contributed by atoms with Crippen molar-refractivity contribution < 1.29 is 8.42 Å². The fourth-order valence-electron chi connectivity index (χ4n) is 2.03. The largest absolute Gasteiger partial charge is 0.323 e. The maximum atomic E-state index is 12.4. The number of hydrogen-bond donors (Lipinski definition) is 1. The van der Waals surface area contributed by atoms with Gasteiger partial charge in [0.05, 0.1) is 11.2 Å². The molecule has 0 bridgehead atoms. The fourth-order valence-corrected chi connectivity index (χ4v) is 3.44. The molecule has 0 unspecified atom stereocenters. The van der Waals surface area contributed by atoms with E-state index in [1.54, 1.807) is 31.6 Å². The molecule has 8 heteroatoms. The Morgan fingerprint density at radius 1 is 1.24 bits per heavy atom. The summed E-state index contributed by atoms with van der Waals surface area (Å²) in [6.07, 6.45) is 4.57. The number of aromatic nitrogens is 3. The molecule has 2 heterocycles. The number of benzene rings is 1. The molecule has 0 saturated heterocycles. The third-order valence-corrected chi connectivity index (χ3v) is 4.51. The topological polar surface area (TPSA) is 76.9 Å². The molecule has 21 heavy (non-hydrogen) atoms. The first-order valence-electron chi connectivity index (χ1n) is 6.02. The molecule has 6 nitrogen and oxygen atoms in total. The molecule has 0 amide bonds. The van der Waals surface area contributed by atoms with E-state index in [1.165, 1.54) is 16.8 Å². The van der Waals surface area contributed by atoms with Gasteiger partial charge < -0.3 is 4.57 Å². The Hall–Kier alpha value is -2.12. The number of pyridine rings is 1. The second kappa shape index (κ2) is 5.01. The van der Waals surface area contributed by atoms with E-state index in [9.17, 15) is 8.42 Å². The fraction of sp³-hybridized carbons (Fsp3) is 0.0769. The standard InChI is InChI=1S/C13H11ClN4O2S/c1-18-6-5-16-13(18)21(19,20)17-11-8-10(14)7-9-3-2-4-15-12(9)11/h2-8,17H,1H3. The Balaban J connectivity index is 2.12. The molecule has 108 valence electrons. The van der Waals surface area contributed by atoms with E-state index in [0.717, 1.165) is 5.39 Å². The van der Waals surface area contributed by atoms with Crippen molar-refractivity contribution >= 4 is 38.2 Å². The number of anilines is 1. The van der Waals surface area contributed by atoms with Gasteiger partial charge >= 0.3 is 0 Å². The average Bonchev–Trinajstić information content (AvgIpc) is 2.85. The minimum Gasteiger partial charge on any atom is -0.323 e. The van der Waals surface area contributed by atoms with E-state index in [1.807, 2.05) is 6.07 Å². The summed E-state index contributed by atoms with van der Waals surface area (Å²) in [5, 5.41) is 1.10. The van der Waals surface area contributed by atoms with Crippen LogP contribution in [0.15, 0.2) is 48.0 Å². The van der Waals surface area contributed by atoms with Crippen LogP contribution in [0.25, 0.3) is 10.9 Å². The van der Waals surface area contributed by atoms with Gasteiger partial charge in [0.2, 0.25) is 5.16 Å². The van der Waals surface area contributed by atoms with Crippen molar-refractivity contribution in [3.63, 3.8) is 0 Å². The van der Waals surface area contributed by atoms with Crippen LogP contribution in [0, 0.1) is 0 Å². The number of rotatable bonds is 3. The first kappa shape index (κ1) is 13.8. The lowest BCUT2D eigenvalue weighted by Crippen LogP contribution is -2.17.